The lowest BCUT2D eigenvalue weighted by Crippen LogP contribution is -2.37. The van der Waals surface area contributed by atoms with Gasteiger partial charge in [0.1, 0.15) is 11.5 Å². The molecule has 1 aliphatic rings. The molecule has 1 N–H and O–H groups in total. The summed E-state index contributed by atoms with van der Waals surface area (Å²) in [6.45, 7) is 3.52. The van der Waals surface area contributed by atoms with Crippen molar-refractivity contribution in [2.75, 3.05) is 13.2 Å². The van der Waals surface area contributed by atoms with Crippen molar-refractivity contribution in [2.24, 2.45) is 13.0 Å². The molecule has 2 aromatic heterocycles. The van der Waals surface area contributed by atoms with Gasteiger partial charge in [0.25, 0.3) is 5.91 Å². The Hall–Kier alpha value is -2.21. The average molecular weight is 328 g/mol. The number of carbonyl (C=O) groups is 1. The van der Waals surface area contributed by atoms with Crippen LogP contribution in [0.3, 0.4) is 0 Å². The Labute approximate surface area is 142 Å². The summed E-state index contributed by atoms with van der Waals surface area (Å²) in [5.74, 6) is 1.05. The van der Waals surface area contributed by atoms with E-state index in [1.807, 2.05) is 29.9 Å². The zero-order chi connectivity index (χ0) is 16.9. The van der Waals surface area contributed by atoms with E-state index < -0.39 is 0 Å². The topological polar surface area (TPSA) is 69.0 Å². The van der Waals surface area contributed by atoms with Crippen LogP contribution < -0.4 is 5.32 Å². The van der Waals surface area contributed by atoms with E-state index in [2.05, 4.69) is 22.2 Å². The van der Waals surface area contributed by atoms with Crippen LogP contribution in [0.1, 0.15) is 47.7 Å². The van der Waals surface area contributed by atoms with E-state index in [0.29, 0.717) is 11.6 Å². The molecule has 1 atom stereocenters. The van der Waals surface area contributed by atoms with Gasteiger partial charge in [0.2, 0.25) is 0 Å². The fraction of sp³-hybridized carbons (Fsp3) is 0.500. The van der Waals surface area contributed by atoms with Crippen LogP contribution in [0, 0.1) is 5.92 Å². The van der Waals surface area contributed by atoms with Crippen LogP contribution in [0.25, 0.3) is 0 Å². The largest absolute Gasteiger partial charge is 0.381 e. The predicted octanol–water partition coefficient (Wildman–Crippen LogP) is 2.28. The van der Waals surface area contributed by atoms with E-state index in [1.54, 1.807) is 12.4 Å². The number of hydrogen-bond donors (Lipinski definition) is 1. The van der Waals surface area contributed by atoms with Crippen LogP contribution >= 0.6 is 0 Å². The number of hydrogen-bond acceptors (Lipinski definition) is 4. The van der Waals surface area contributed by atoms with Gasteiger partial charge < -0.3 is 14.6 Å². The molecule has 0 aliphatic carbocycles. The summed E-state index contributed by atoms with van der Waals surface area (Å²) in [7, 11) is 1.96. The minimum absolute atomic E-state index is 0.131. The second kappa shape index (κ2) is 7.57. The number of aromatic nitrogens is 3. The lowest BCUT2D eigenvalue weighted by atomic mass is 9.91. The van der Waals surface area contributed by atoms with E-state index in [4.69, 9.17) is 4.74 Å². The minimum atomic E-state index is -0.148. The van der Waals surface area contributed by atoms with Gasteiger partial charge in [0.05, 0.1) is 6.04 Å². The number of ether oxygens (including phenoxy) is 1. The highest BCUT2D eigenvalue weighted by Crippen LogP contribution is 2.29. The summed E-state index contributed by atoms with van der Waals surface area (Å²) in [5, 5.41) is 3.16. The zero-order valence-electron chi connectivity index (χ0n) is 14.2. The Kier molecular flexibility index (Phi) is 5.25. The normalized spacial score (nSPS) is 16.8. The standard InChI is InChI=1S/C18H24N4O2/c1-3-13-4-7-19-15(12-13)18(23)21-16(14-5-10-24-11-6-14)17-20-8-9-22(17)2/h4,7-9,12,14,16H,3,5-6,10-11H2,1-2H3,(H,21,23). The Morgan fingerprint density at radius 2 is 2.17 bits per heavy atom. The van der Waals surface area contributed by atoms with E-state index >= 15 is 0 Å². The summed E-state index contributed by atoms with van der Waals surface area (Å²) >= 11 is 0. The van der Waals surface area contributed by atoms with Crippen LogP contribution in [0.4, 0.5) is 0 Å². The number of nitrogens with one attached hydrogen (secondary N) is 1. The van der Waals surface area contributed by atoms with Crippen LogP contribution in [0.15, 0.2) is 30.7 Å². The number of pyridine rings is 1. The number of aryl methyl sites for hydroxylation is 2. The van der Waals surface area contributed by atoms with Crippen molar-refractivity contribution in [2.45, 2.75) is 32.2 Å². The molecule has 2 aromatic rings. The van der Waals surface area contributed by atoms with Crippen LogP contribution in [-0.2, 0) is 18.2 Å². The first-order valence-corrected chi connectivity index (χ1v) is 8.49. The first-order chi connectivity index (χ1) is 11.7. The molecular formula is C18H24N4O2. The molecule has 0 bridgehead atoms. The molecule has 3 rings (SSSR count). The monoisotopic (exact) mass is 328 g/mol. The zero-order valence-corrected chi connectivity index (χ0v) is 14.2. The predicted molar refractivity (Wildman–Crippen MR) is 90.6 cm³/mol. The van der Waals surface area contributed by atoms with Crippen molar-refractivity contribution in [3.05, 3.63) is 47.8 Å². The van der Waals surface area contributed by atoms with Crippen molar-refractivity contribution in [3.63, 3.8) is 0 Å². The maximum atomic E-state index is 12.7. The van der Waals surface area contributed by atoms with E-state index in [1.165, 1.54) is 0 Å². The molecule has 6 heteroatoms. The third-order valence-electron chi connectivity index (χ3n) is 4.63. The van der Waals surface area contributed by atoms with Gasteiger partial charge in [-0.05, 0) is 42.9 Å². The lowest BCUT2D eigenvalue weighted by molar-refractivity contribution is 0.0498. The van der Waals surface area contributed by atoms with Gasteiger partial charge in [-0.25, -0.2) is 4.98 Å². The maximum absolute atomic E-state index is 12.7. The van der Waals surface area contributed by atoms with Crippen molar-refractivity contribution in [3.8, 4) is 0 Å². The van der Waals surface area contributed by atoms with Crippen molar-refractivity contribution < 1.29 is 9.53 Å². The van der Waals surface area contributed by atoms with Gasteiger partial charge in [-0.2, -0.15) is 0 Å². The number of nitrogens with zero attached hydrogens (tertiary/aromatic N) is 3. The molecule has 128 valence electrons. The highest BCUT2D eigenvalue weighted by atomic mass is 16.5. The maximum Gasteiger partial charge on any atom is 0.270 e. The molecule has 0 saturated carbocycles. The molecule has 24 heavy (non-hydrogen) atoms. The highest BCUT2D eigenvalue weighted by molar-refractivity contribution is 5.92. The molecule has 6 nitrogen and oxygen atoms in total. The van der Waals surface area contributed by atoms with E-state index in [-0.39, 0.29) is 11.9 Å². The van der Waals surface area contributed by atoms with Gasteiger partial charge in [0.15, 0.2) is 0 Å². The molecule has 1 fully saturated rings. The third-order valence-corrected chi connectivity index (χ3v) is 4.63. The van der Waals surface area contributed by atoms with Gasteiger partial charge in [-0.1, -0.05) is 6.92 Å². The molecule has 0 spiro atoms. The third kappa shape index (κ3) is 3.64. The molecule has 1 saturated heterocycles. The summed E-state index contributed by atoms with van der Waals surface area (Å²) in [4.78, 5) is 21.4. The van der Waals surface area contributed by atoms with Crippen molar-refractivity contribution in [1.29, 1.82) is 0 Å². The number of rotatable bonds is 5. The van der Waals surface area contributed by atoms with Crippen molar-refractivity contribution >= 4 is 5.91 Å². The summed E-state index contributed by atoms with van der Waals surface area (Å²) in [5.41, 5.74) is 1.57. The fourth-order valence-electron chi connectivity index (χ4n) is 3.15. The fourth-order valence-corrected chi connectivity index (χ4v) is 3.15. The lowest BCUT2D eigenvalue weighted by Gasteiger charge is -2.30. The van der Waals surface area contributed by atoms with Crippen LogP contribution in [0.5, 0.6) is 0 Å². The second-order valence-corrected chi connectivity index (χ2v) is 6.20. The van der Waals surface area contributed by atoms with Gasteiger partial charge in [0, 0.05) is 38.9 Å². The Morgan fingerprint density at radius 1 is 1.38 bits per heavy atom. The molecule has 3 heterocycles. The quantitative estimate of drug-likeness (QED) is 0.914. The Balaban J connectivity index is 1.83. The van der Waals surface area contributed by atoms with Crippen LogP contribution in [-0.4, -0.2) is 33.7 Å². The van der Waals surface area contributed by atoms with Gasteiger partial charge in [-0.3, -0.25) is 9.78 Å². The van der Waals surface area contributed by atoms with E-state index in [9.17, 15) is 4.79 Å². The minimum Gasteiger partial charge on any atom is -0.381 e. The van der Waals surface area contributed by atoms with Gasteiger partial charge >= 0.3 is 0 Å². The number of amides is 1. The average Bonchev–Trinajstić information content (AvgIpc) is 3.06. The summed E-state index contributed by atoms with van der Waals surface area (Å²) in [6.07, 6.45) is 8.08. The highest BCUT2D eigenvalue weighted by Gasteiger charge is 2.30. The first-order valence-electron chi connectivity index (χ1n) is 8.49. The SMILES string of the molecule is CCc1ccnc(C(=O)NC(c2nccn2C)C2CCOCC2)c1. The van der Waals surface area contributed by atoms with Gasteiger partial charge in [-0.15, -0.1) is 0 Å². The summed E-state index contributed by atoms with van der Waals surface area (Å²) in [6, 6.07) is 3.66. The second-order valence-electron chi connectivity index (χ2n) is 6.20. The van der Waals surface area contributed by atoms with Crippen molar-refractivity contribution in [1.82, 2.24) is 19.9 Å². The molecule has 1 amide bonds. The first kappa shape index (κ1) is 16.6. The summed E-state index contributed by atoms with van der Waals surface area (Å²) < 4.78 is 7.43. The van der Waals surface area contributed by atoms with Crippen LogP contribution in [0.2, 0.25) is 0 Å². The Morgan fingerprint density at radius 3 is 2.83 bits per heavy atom. The molecule has 0 radical (unpaired) electrons. The van der Waals surface area contributed by atoms with E-state index in [0.717, 1.165) is 43.9 Å². The molecule has 0 aromatic carbocycles. The number of carbonyl (C=O) groups excluding carboxylic acids is 1. The molecule has 1 unspecified atom stereocenters. The smallest absolute Gasteiger partial charge is 0.270 e. The molecular weight excluding hydrogens is 304 g/mol. The Bertz CT molecular complexity index is 692. The molecule has 1 aliphatic heterocycles. The number of imidazole rings is 1.